The van der Waals surface area contributed by atoms with E-state index in [2.05, 4.69) is 9.88 Å². The van der Waals surface area contributed by atoms with Gasteiger partial charge in [0.2, 0.25) is 0 Å². The van der Waals surface area contributed by atoms with Gasteiger partial charge >= 0.3 is 0 Å². The lowest BCUT2D eigenvalue weighted by molar-refractivity contribution is 0.0802. The molecule has 0 unspecified atom stereocenters. The Hall–Kier alpha value is -1.58. The molecule has 0 radical (unpaired) electrons. The predicted octanol–water partition coefficient (Wildman–Crippen LogP) is 1.77. The number of pyridine rings is 1. The highest BCUT2D eigenvalue weighted by atomic mass is 16.2. The van der Waals surface area contributed by atoms with E-state index in [1.54, 1.807) is 11.1 Å². The van der Waals surface area contributed by atoms with Crippen molar-refractivity contribution in [1.82, 2.24) is 9.88 Å². The molecule has 1 aliphatic rings. The van der Waals surface area contributed by atoms with Crippen molar-refractivity contribution < 1.29 is 4.79 Å². The van der Waals surface area contributed by atoms with Crippen molar-refractivity contribution in [2.75, 3.05) is 31.6 Å². The van der Waals surface area contributed by atoms with E-state index in [4.69, 9.17) is 0 Å². The molecular weight excluding hydrogens is 214 g/mol. The Morgan fingerprint density at radius 3 is 2.82 bits per heavy atom. The molecule has 1 fully saturated rings. The lowest BCUT2D eigenvalue weighted by atomic mass is 10.2. The zero-order valence-corrected chi connectivity index (χ0v) is 10.5. The van der Waals surface area contributed by atoms with E-state index in [0.29, 0.717) is 6.54 Å². The maximum Gasteiger partial charge on any atom is 0.257 e. The van der Waals surface area contributed by atoms with Crippen LogP contribution >= 0.6 is 0 Å². The molecule has 0 N–H and O–H groups in total. The minimum Gasteiger partial charge on any atom is -0.356 e. The third-order valence-corrected chi connectivity index (χ3v) is 3.24. The Morgan fingerprint density at radius 1 is 1.47 bits per heavy atom. The molecular formula is C13H19N3O. The zero-order chi connectivity index (χ0) is 12.3. The van der Waals surface area contributed by atoms with Gasteiger partial charge in [-0.25, -0.2) is 4.98 Å². The Kier molecular flexibility index (Phi) is 3.61. The number of carbonyl (C=O) groups is 1. The quantitative estimate of drug-likeness (QED) is 0.798. The maximum absolute atomic E-state index is 12.2. The average Bonchev–Trinajstić information content (AvgIpc) is 2.90. The lowest BCUT2D eigenvalue weighted by Gasteiger charge is -2.22. The van der Waals surface area contributed by atoms with E-state index in [0.717, 1.165) is 24.5 Å². The van der Waals surface area contributed by atoms with Crippen molar-refractivity contribution in [3.8, 4) is 0 Å². The summed E-state index contributed by atoms with van der Waals surface area (Å²) in [4.78, 5) is 20.5. The normalized spacial score (nSPS) is 15.1. The Bertz CT molecular complexity index is 399. The lowest BCUT2D eigenvalue weighted by Crippen LogP contribution is -2.29. The third-order valence-electron chi connectivity index (χ3n) is 3.24. The van der Waals surface area contributed by atoms with Gasteiger partial charge in [-0.2, -0.15) is 0 Å². The van der Waals surface area contributed by atoms with Gasteiger partial charge in [0.1, 0.15) is 5.82 Å². The SMILES string of the molecule is CCN(C)C(=O)c1cccnc1N1CCCC1. The molecule has 0 saturated carbocycles. The minimum atomic E-state index is 0.0579. The monoisotopic (exact) mass is 233 g/mol. The van der Waals surface area contributed by atoms with Crippen LogP contribution in [0.25, 0.3) is 0 Å². The molecule has 1 aromatic heterocycles. The van der Waals surface area contributed by atoms with Gasteiger partial charge in [0.05, 0.1) is 5.56 Å². The molecule has 0 aromatic carbocycles. The van der Waals surface area contributed by atoms with Crippen molar-refractivity contribution >= 4 is 11.7 Å². The Labute approximate surface area is 102 Å². The molecule has 0 bridgehead atoms. The van der Waals surface area contributed by atoms with Crippen LogP contribution in [0.3, 0.4) is 0 Å². The second-order valence-corrected chi connectivity index (χ2v) is 4.39. The summed E-state index contributed by atoms with van der Waals surface area (Å²) in [5.41, 5.74) is 0.721. The van der Waals surface area contributed by atoms with E-state index < -0.39 is 0 Å². The molecule has 2 rings (SSSR count). The molecule has 2 heterocycles. The number of aromatic nitrogens is 1. The van der Waals surface area contributed by atoms with Crippen LogP contribution in [0.1, 0.15) is 30.1 Å². The van der Waals surface area contributed by atoms with Gasteiger partial charge in [-0.1, -0.05) is 0 Å². The summed E-state index contributed by atoms with van der Waals surface area (Å²) in [6.07, 6.45) is 4.14. The average molecular weight is 233 g/mol. The van der Waals surface area contributed by atoms with E-state index >= 15 is 0 Å². The first kappa shape index (κ1) is 11.9. The molecule has 4 heteroatoms. The minimum absolute atomic E-state index is 0.0579. The Morgan fingerprint density at radius 2 is 2.18 bits per heavy atom. The van der Waals surface area contributed by atoms with Crippen LogP contribution in [-0.2, 0) is 0 Å². The summed E-state index contributed by atoms with van der Waals surface area (Å²) in [5, 5.41) is 0. The summed E-state index contributed by atoms with van der Waals surface area (Å²) < 4.78 is 0. The number of carbonyl (C=O) groups excluding carboxylic acids is 1. The molecule has 1 amide bonds. The number of hydrogen-bond acceptors (Lipinski definition) is 3. The number of rotatable bonds is 3. The molecule has 0 aliphatic carbocycles. The van der Waals surface area contributed by atoms with Crippen LogP contribution < -0.4 is 4.90 Å². The number of hydrogen-bond donors (Lipinski definition) is 0. The first-order chi connectivity index (χ1) is 8.24. The van der Waals surface area contributed by atoms with Crippen LogP contribution in [0.15, 0.2) is 18.3 Å². The standard InChI is InChI=1S/C13H19N3O/c1-3-15(2)13(17)11-7-6-8-14-12(11)16-9-4-5-10-16/h6-8H,3-5,9-10H2,1-2H3. The van der Waals surface area contributed by atoms with Gasteiger partial charge in [-0.05, 0) is 31.9 Å². The van der Waals surface area contributed by atoms with Crippen molar-refractivity contribution in [2.24, 2.45) is 0 Å². The molecule has 17 heavy (non-hydrogen) atoms. The van der Waals surface area contributed by atoms with Gasteiger partial charge in [-0.15, -0.1) is 0 Å². The highest BCUT2D eigenvalue weighted by molar-refractivity contribution is 5.98. The molecule has 1 saturated heterocycles. The van der Waals surface area contributed by atoms with E-state index in [9.17, 15) is 4.79 Å². The third kappa shape index (κ3) is 2.40. The van der Waals surface area contributed by atoms with Crippen LogP contribution in [0, 0.1) is 0 Å². The molecule has 1 aromatic rings. The summed E-state index contributed by atoms with van der Waals surface area (Å²) in [5.74, 6) is 0.901. The van der Waals surface area contributed by atoms with Crippen molar-refractivity contribution in [2.45, 2.75) is 19.8 Å². The number of nitrogens with zero attached hydrogens (tertiary/aromatic N) is 3. The first-order valence-electron chi connectivity index (χ1n) is 6.19. The molecule has 92 valence electrons. The zero-order valence-electron chi connectivity index (χ0n) is 10.5. The molecule has 4 nitrogen and oxygen atoms in total. The number of anilines is 1. The second-order valence-electron chi connectivity index (χ2n) is 4.39. The van der Waals surface area contributed by atoms with E-state index in [-0.39, 0.29) is 5.91 Å². The van der Waals surface area contributed by atoms with E-state index in [1.807, 2.05) is 26.1 Å². The fourth-order valence-electron chi connectivity index (χ4n) is 2.09. The Balaban J connectivity index is 2.29. The highest BCUT2D eigenvalue weighted by Gasteiger charge is 2.21. The topological polar surface area (TPSA) is 36.4 Å². The van der Waals surface area contributed by atoms with Crippen LogP contribution in [0.5, 0.6) is 0 Å². The largest absolute Gasteiger partial charge is 0.356 e. The van der Waals surface area contributed by atoms with Gasteiger partial charge in [0, 0.05) is 32.9 Å². The van der Waals surface area contributed by atoms with Crippen molar-refractivity contribution in [3.63, 3.8) is 0 Å². The van der Waals surface area contributed by atoms with E-state index in [1.165, 1.54) is 12.8 Å². The molecule has 0 atom stereocenters. The van der Waals surface area contributed by atoms with Crippen molar-refractivity contribution in [3.05, 3.63) is 23.9 Å². The van der Waals surface area contributed by atoms with Gasteiger partial charge < -0.3 is 9.80 Å². The summed E-state index contributed by atoms with van der Waals surface area (Å²) in [6, 6.07) is 3.70. The van der Waals surface area contributed by atoms with Gasteiger partial charge in [0.25, 0.3) is 5.91 Å². The highest BCUT2D eigenvalue weighted by Crippen LogP contribution is 2.22. The fraction of sp³-hybridized carbons (Fsp3) is 0.538. The van der Waals surface area contributed by atoms with Crippen LogP contribution in [0.2, 0.25) is 0 Å². The van der Waals surface area contributed by atoms with Gasteiger partial charge in [-0.3, -0.25) is 4.79 Å². The second kappa shape index (κ2) is 5.17. The van der Waals surface area contributed by atoms with Crippen LogP contribution in [0.4, 0.5) is 5.82 Å². The first-order valence-corrected chi connectivity index (χ1v) is 6.19. The molecule has 1 aliphatic heterocycles. The van der Waals surface area contributed by atoms with Crippen molar-refractivity contribution in [1.29, 1.82) is 0 Å². The maximum atomic E-state index is 12.2. The summed E-state index contributed by atoms with van der Waals surface area (Å²) >= 11 is 0. The fourth-order valence-corrected chi connectivity index (χ4v) is 2.09. The summed E-state index contributed by atoms with van der Waals surface area (Å²) in [7, 11) is 1.82. The number of amides is 1. The molecule has 0 spiro atoms. The summed E-state index contributed by atoms with van der Waals surface area (Å²) in [6.45, 7) is 4.71. The van der Waals surface area contributed by atoms with Crippen LogP contribution in [-0.4, -0.2) is 42.5 Å². The van der Waals surface area contributed by atoms with Gasteiger partial charge in [0.15, 0.2) is 0 Å². The smallest absolute Gasteiger partial charge is 0.257 e. The predicted molar refractivity (Wildman–Crippen MR) is 68.3 cm³/mol.